The van der Waals surface area contributed by atoms with Crippen LogP contribution in [0.25, 0.3) is 0 Å². The second-order valence-electron chi connectivity index (χ2n) is 3.40. The van der Waals surface area contributed by atoms with Gasteiger partial charge in [-0.05, 0) is 12.1 Å². The van der Waals surface area contributed by atoms with E-state index in [2.05, 4.69) is 4.98 Å². The minimum Gasteiger partial charge on any atom is -0.366 e. The van der Waals surface area contributed by atoms with E-state index in [1.807, 2.05) is 0 Å². The van der Waals surface area contributed by atoms with Gasteiger partial charge in [0.05, 0.1) is 12.1 Å². The number of halogens is 2. The van der Waals surface area contributed by atoms with Crippen molar-refractivity contribution in [3.05, 3.63) is 23.9 Å². The number of nitrogens with two attached hydrogens (primary N) is 2. The molecule has 0 atom stereocenters. The van der Waals surface area contributed by atoms with Gasteiger partial charge in [0, 0.05) is 19.3 Å². The van der Waals surface area contributed by atoms with E-state index >= 15 is 0 Å². The van der Waals surface area contributed by atoms with Crippen LogP contribution in [0.3, 0.4) is 0 Å². The first-order chi connectivity index (χ1) is 8.04. The molecule has 0 aliphatic heterocycles. The first-order valence-corrected chi connectivity index (χ1v) is 5.03. The second kappa shape index (κ2) is 6.09. The van der Waals surface area contributed by atoms with Crippen LogP contribution in [0.5, 0.6) is 0 Å². The number of pyridine rings is 1. The Labute approximate surface area is 97.4 Å². The molecule has 0 saturated carbocycles. The zero-order valence-corrected chi connectivity index (χ0v) is 9.14. The van der Waals surface area contributed by atoms with Crippen LogP contribution in [0.4, 0.5) is 14.6 Å². The highest BCUT2D eigenvalue weighted by molar-refractivity contribution is 5.92. The van der Waals surface area contributed by atoms with Crippen molar-refractivity contribution in [2.75, 3.05) is 24.5 Å². The summed E-state index contributed by atoms with van der Waals surface area (Å²) in [6, 6.07) is 2.91. The van der Waals surface area contributed by atoms with Gasteiger partial charge in [0.2, 0.25) is 5.91 Å². The maximum Gasteiger partial charge on any atom is 0.255 e. The van der Waals surface area contributed by atoms with Crippen LogP contribution in [0.15, 0.2) is 18.3 Å². The minimum absolute atomic E-state index is 0.235. The van der Waals surface area contributed by atoms with Gasteiger partial charge in [-0.1, -0.05) is 0 Å². The molecule has 0 aromatic carbocycles. The third kappa shape index (κ3) is 3.95. The summed E-state index contributed by atoms with van der Waals surface area (Å²) in [5, 5.41) is 0. The lowest BCUT2D eigenvalue weighted by molar-refractivity contribution is 0.1000. The topological polar surface area (TPSA) is 85.2 Å². The van der Waals surface area contributed by atoms with Gasteiger partial charge in [0.25, 0.3) is 6.43 Å². The number of nitrogens with zero attached hydrogens (tertiary/aromatic N) is 2. The van der Waals surface area contributed by atoms with Gasteiger partial charge in [0.1, 0.15) is 5.82 Å². The van der Waals surface area contributed by atoms with Crippen LogP contribution in [0, 0.1) is 0 Å². The van der Waals surface area contributed by atoms with Gasteiger partial charge >= 0.3 is 0 Å². The molecule has 0 radical (unpaired) electrons. The van der Waals surface area contributed by atoms with Crippen molar-refractivity contribution in [3.63, 3.8) is 0 Å². The largest absolute Gasteiger partial charge is 0.366 e. The number of carbonyl (C=O) groups excluding carboxylic acids is 1. The van der Waals surface area contributed by atoms with E-state index < -0.39 is 18.9 Å². The summed E-state index contributed by atoms with van der Waals surface area (Å²) in [6.45, 7) is 0.0688. The molecule has 1 rings (SSSR count). The van der Waals surface area contributed by atoms with E-state index in [4.69, 9.17) is 11.5 Å². The quantitative estimate of drug-likeness (QED) is 0.749. The maximum absolute atomic E-state index is 12.3. The zero-order valence-electron chi connectivity index (χ0n) is 9.14. The van der Waals surface area contributed by atoms with Crippen LogP contribution in [-0.4, -0.2) is 37.0 Å². The minimum atomic E-state index is -2.47. The molecule has 1 aromatic heterocycles. The molecule has 1 heterocycles. The molecule has 0 aliphatic carbocycles. The van der Waals surface area contributed by atoms with Crippen molar-refractivity contribution in [1.82, 2.24) is 4.98 Å². The molecule has 0 fully saturated rings. The summed E-state index contributed by atoms with van der Waals surface area (Å²) in [7, 11) is 0. The first kappa shape index (κ1) is 13.3. The van der Waals surface area contributed by atoms with Crippen LogP contribution >= 0.6 is 0 Å². The van der Waals surface area contributed by atoms with E-state index in [0.29, 0.717) is 5.82 Å². The van der Waals surface area contributed by atoms with Crippen molar-refractivity contribution in [1.29, 1.82) is 0 Å². The predicted octanol–water partition coefficient (Wildman–Crippen LogP) is 0.211. The zero-order chi connectivity index (χ0) is 12.8. The Morgan fingerprint density at radius 2 is 2.18 bits per heavy atom. The van der Waals surface area contributed by atoms with Gasteiger partial charge in [0.15, 0.2) is 0 Å². The van der Waals surface area contributed by atoms with E-state index in [9.17, 15) is 13.6 Å². The summed E-state index contributed by atoms with van der Waals surface area (Å²) in [6.07, 6.45) is -1.22. The average Bonchev–Trinajstić information content (AvgIpc) is 2.28. The maximum atomic E-state index is 12.3. The number of primary amides is 1. The molecular formula is C10H14F2N4O. The summed E-state index contributed by atoms with van der Waals surface area (Å²) >= 11 is 0. The van der Waals surface area contributed by atoms with Gasteiger partial charge in [-0.25, -0.2) is 13.8 Å². The fourth-order valence-electron chi connectivity index (χ4n) is 1.34. The summed E-state index contributed by atoms with van der Waals surface area (Å²) in [4.78, 5) is 16.1. The standard InChI is InChI=1S/C10H14F2N4O/c11-8(12)6-16(4-3-13)9-2-1-7(5-15-9)10(14)17/h1-2,5,8H,3-4,6,13H2,(H2,14,17). The van der Waals surface area contributed by atoms with Crippen molar-refractivity contribution in [3.8, 4) is 0 Å². The molecule has 0 spiro atoms. The summed E-state index contributed by atoms with van der Waals surface area (Å²) < 4.78 is 24.6. The highest BCUT2D eigenvalue weighted by atomic mass is 19.3. The third-order valence-electron chi connectivity index (χ3n) is 2.11. The number of alkyl halides is 2. The fourth-order valence-corrected chi connectivity index (χ4v) is 1.34. The lowest BCUT2D eigenvalue weighted by Gasteiger charge is -2.22. The van der Waals surface area contributed by atoms with Crippen molar-refractivity contribution in [2.45, 2.75) is 6.43 Å². The van der Waals surface area contributed by atoms with Gasteiger partial charge < -0.3 is 16.4 Å². The Bertz CT molecular complexity index is 369. The molecule has 17 heavy (non-hydrogen) atoms. The number of hydrogen-bond donors (Lipinski definition) is 2. The smallest absolute Gasteiger partial charge is 0.255 e. The number of anilines is 1. The van der Waals surface area contributed by atoms with Crippen LogP contribution in [0.1, 0.15) is 10.4 Å². The predicted molar refractivity (Wildman–Crippen MR) is 60.0 cm³/mol. The molecule has 1 amide bonds. The molecular weight excluding hydrogens is 230 g/mol. The average molecular weight is 244 g/mol. The van der Waals surface area contributed by atoms with Gasteiger partial charge in [-0.15, -0.1) is 0 Å². The first-order valence-electron chi connectivity index (χ1n) is 5.03. The molecule has 1 aromatic rings. The molecule has 5 nitrogen and oxygen atoms in total. The normalized spacial score (nSPS) is 10.6. The Morgan fingerprint density at radius 1 is 1.47 bits per heavy atom. The molecule has 94 valence electrons. The Hall–Kier alpha value is -1.76. The summed E-state index contributed by atoms with van der Waals surface area (Å²) in [5.74, 6) is -0.260. The van der Waals surface area contributed by atoms with Crippen molar-refractivity contribution >= 4 is 11.7 Å². The highest BCUT2D eigenvalue weighted by Gasteiger charge is 2.13. The Kier molecular flexibility index (Phi) is 4.77. The lowest BCUT2D eigenvalue weighted by atomic mass is 10.2. The highest BCUT2D eigenvalue weighted by Crippen LogP contribution is 2.12. The van der Waals surface area contributed by atoms with E-state index in [-0.39, 0.29) is 18.7 Å². The monoisotopic (exact) mass is 244 g/mol. The Balaban J connectivity index is 2.83. The molecule has 0 aliphatic rings. The third-order valence-corrected chi connectivity index (χ3v) is 2.11. The SMILES string of the molecule is NCCN(CC(F)F)c1ccc(C(N)=O)cn1. The molecule has 0 bridgehead atoms. The second-order valence-corrected chi connectivity index (χ2v) is 3.40. The van der Waals surface area contributed by atoms with Crippen molar-refractivity contribution in [2.24, 2.45) is 11.5 Å². The summed E-state index contributed by atoms with van der Waals surface area (Å²) in [5.41, 5.74) is 10.6. The van der Waals surface area contributed by atoms with Crippen LogP contribution in [0.2, 0.25) is 0 Å². The van der Waals surface area contributed by atoms with Gasteiger partial charge in [-0.3, -0.25) is 4.79 Å². The number of hydrogen-bond acceptors (Lipinski definition) is 4. The van der Waals surface area contributed by atoms with Crippen molar-refractivity contribution < 1.29 is 13.6 Å². The lowest BCUT2D eigenvalue weighted by Crippen LogP contribution is -2.34. The van der Waals surface area contributed by atoms with E-state index in [0.717, 1.165) is 0 Å². The molecule has 4 N–H and O–H groups in total. The molecule has 0 unspecified atom stereocenters. The molecule has 0 saturated heterocycles. The number of rotatable bonds is 6. The number of amides is 1. The fraction of sp³-hybridized carbons (Fsp3) is 0.400. The number of carbonyl (C=O) groups is 1. The number of aromatic nitrogens is 1. The van der Waals surface area contributed by atoms with Crippen LogP contribution in [-0.2, 0) is 0 Å². The molecule has 7 heteroatoms. The van der Waals surface area contributed by atoms with Crippen LogP contribution < -0.4 is 16.4 Å². The Morgan fingerprint density at radius 3 is 2.59 bits per heavy atom. The van der Waals surface area contributed by atoms with E-state index in [1.54, 1.807) is 0 Å². The van der Waals surface area contributed by atoms with Gasteiger partial charge in [-0.2, -0.15) is 0 Å². The van der Waals surface area contributed by atoms with E-state index in [1.165, 1.54) is 23.2 Å².